The summed E-state index contributed by atoms with van der Waals surface area (Å²) in [6.45, 7) is 3.57. The van der Waals surface area contributed by atoms with Crippen molar-refractivity contribution in [2.45, 2.75) is 18.7 Å². The monoisotopic (exact) mass is 523 g/mol. The van der Waals surface area contributed by atoms with Crippen molar-refractivity contribution in [3.05, 3.63) is 64.6 Å². The molecular formula is C19H18BrN5O2S3. The van der Waals surface area contributed by atoms with Crippen LogP contribution in [0.2, 0.25) is 0 Å². The summed E-state index contributed by atoms with van der Waals surface area (Å²) in [5, 5.41) is 7.94. The number of hydrogen-bond acceptors (Lipinski definition) is 8. The number of sulfonamides is 1. The standard InChI is InChI=1S/C19H17N5O2S3.BrH/c1-12-10-13(2)21-18(20-12)24-29(25,26)15-7-5-14(6-8-15)22-19-23-16(11-28-19)17-4-3-9-27-17;/h3-11H,1-2H3,(H,22,23)(H,20,21,24);1H. The van der Waals surface area contributed by atoms with E-state index in [1.165, 1.54) is 23.5 Å². The van der Waals surface area contributed by atoms with Crippen molar-refractivity contribution in [3.63, 3.8) is 0 Å². The number of aromatic nitrogens is 3. The molecular weight excluding hydrogens is 506 g/mol. The highest BCUT2D eigenvalue weighted by molar-refractivity contribution is 8.93. The highest BCUT2D eigenvalue weighted by Crippen LogP contribution is 2.30. The van der Waals surface area contributed by atoms with E-state index in [9.17, 15) is 8.42 Å². The fourth-order valence-electron chi connectivity index (χ4n) is 2.66. The molecule has 0 atom stereocenters. The van der Waals surface area contributed by atoms with Gasteiger partial charge in [0.25, 0.3) is 10.0 Å². The molecule has 3 aromatic heterocycles. The van der Waals surface area contributed by atoms with E-state index >= 15 is 0 Å². The Morgan fingerprint density at radius 3 is 2.27 bits per heavy atom. The second-order valence-electron chi connectivity index (χ2n) is 6.24. The summed E-state index contributed by atoms with van der Waals surface area (Å²) in [6, 6.07) is 12.2. The van der Waals surface area contributed by atoms with E-state index in [0.717, 1.165) is 21.4 Å². The van der Waals surface area contributed by atoms with Crippen LogP contribution in [0.1, 0.15) is 11.4 Å². The maximum absolute atomic E-state index is 12.6. The van der Waals surface area contributed by atoms with Crippen LogP contribution in [-0.4, -0.2) is 23.4 Å². The van der Waals surface area contributed by atoms with Gasteiger partial charge in [0.2, 0.25) is 5.95 Å². The largest absolute Gasteiger partial charge is 0.332 e. The maximum Gasteiger partial charge on any atom is 0.264 e. The summed E-state index contributed by atoms with van der Waals surface area (Å²) in [5.74, 6) is 0.0635. The molecule has 1 aromatic carbocycles. The molecule has 0 radical (unpaired) electrons. The molecule has 0 aliphatic carbocycles. The summed E-state index contributed by atoms with van der Waals surface area (Å²) >= 11 is 3.13. The van der Waals surface area contributed by atoms with Crippen molar-refractivity contribution in [1.29, 1.82) is 0 Å². The van der Waals surface area contributed by atoms with Crippen LogP contribution in [0.15, 0.2) is 58.1 Å². The minimum atomic E-state index is -3.78. The van der Waals surface area contributed by atoms with Crippen LogP contribution >= 0.6 is 39.7 Å². The van der Waals surface area contributed by atoms with E-state index in [0.29, 0.717) is 11.4 Å². The van der Waals surface area contributed by atoms with Gasteiger partial charge in [0.15, 0.2) is 5.13 Å². The second-order valence-corrected chi connectivity index (χ2v) is 9.73. The Balaban J connectivity index is 0.00000256. The van der Waals surface area contributed by atoms with Gasteiger partial charge >= 0.3 is 0 Å². The summed E-state index contributed by atoms with van der Waals surface area (Å²) < 4.78 is 27.6. The van der Waals surface area contributed by atoms with E-state index in [-0.39, 0.29) is 27.8 Å². The number of aryl methyl sites for hydroxylation is 2. The zero-order valence-electron chi connectivity index (χ0n) is 16.0. The summed E-state index contributed by atoms with van der Waals surface area (Å²) in [7, 11) is -3.78. The van der Waals surface area contributed by atoms with Crippen molar-refractivity contribution in [2.24, 2.45) is 0 Å². The Labute approximate surface area is 193 Å². The normalized spacial score (nSPS) is 11.0. The molecule has 0 saturated heterocycles. The van der Waals surface area contributed by atoms with Gasteiger partial charge in [0.05, 0.1) is 15.5 Å². The molecule has 0 unspecified atom stereocenters. The second kappa shape index (κ2) is 9.21. The molecule has 0 fully saturated rings. The molecule has 4 aromatic rings. The quantitative estimate of drug-likeness (QED) is 0.351. The average molecular weight is 524 g/mol. The first-order chi connectivity index (χ1) is 13.9. The lowest BCUT2D eigenvalue weighted by molar-refractivity contribution is 0.601. The van der Waals surface area contributed by atoms with Gasteiger partial charge in [-0.25, -0.2) is 28.1 Å². The van der Waals surface area contributed by atoms with E-state index in [4.69, 9.17) is 0 Å². The van der Waals surface area contributed by atoms with Crippen LogP contribution in [0.5, 0.6) is 0 Å². The van der Waals surface area contributed by atoms with Crippen molar-refractivity contribution in [2.75, 3.05) is 10.0 Å². The van der Waals surface area contributed by atoms with Crippen molar-refractivity contribution in [3.8, 4) is 10.6 Å². The summed E-state index contributed by atoms with van der Waals surface area (Å²) in [4.78, 5) is 14.0. The number of nitrogens with zero attached hydrogens (tertiary/aromatic N) is 3. The molecule has 4 rings (SSSR count). The molecule has 0 aliphatic rings. The van der Waals surface area contributed by atoms with Gasteiger partial charge in [-0.3, -0.25) is 0 Å². The highest BCUT2D eigenvalue weighted by atomic mass is 79.9. The van der Waals surface area contributed by atoms with Crippen LogP contribution in [0, 0.1) is 13.8 Å². The minimum Gasteiger partial charge on any atom is -0.332 e. The molecule has 11 heteroatoms. The molecule has 3 heterocycles. The first-order valence-electron chi connectivity index (χ1n) is 8.61. The van der Waals surface area contributed by atoms with Gasteiger partial charge in [-0.05, 0) is 55.6 Å². The van der Waals surface area contributed by atoms with Crippen molar-refractivity contribution < 1.29 is 8.42 Å². The van der Waals surface area contributed by atoms with Gasteiger partial charge in [-0.1, -0.05) is 6.07 Å². The number of halogens is 1. The van der Waals surface area contributed by atoms with Crippen LogP contribution < -0.4 is 10.0 Å². The number of benzene rings is 1. The van der Waals surface area contributed by atoms with Crippen LogP contribution in [0.4, 0.5) is 16.8 Å². The molecule has 156 valence electrons. The molecule has 2 N–H and O–H groups in total. The van der Waals surface area contributed by atoms with Crippen LogP contribution in [0.25, 0.3) is 10.6 Å². The van der Waals surface area contributed by atoms with E-state index in [1.807, 2.05) is 22.9 Å². The highest BCUT2D eigenvalue weighted by Gasteiger charge is 2.16. The SMILES string of the molecule is Br.Cc1cc(C)nc(NS(=O)(=O)c2ccc(Nc3nc(-c4cccs4)cs3)cc2)n1. The predicted molar refractivity (Wildman–Crippen MR) is 128 cm³/mol. The topological polar surface area (TPSA) is 96.9 Å². The van der Waals surface area contributed by atoms with E-state index < -0.39 is 10.0 Å². The Bertz CT molecular complexity index is 1220. The van der Waals surface area contributed by atoms with Gasteiger partial charge in [-0.2, -0.15) is 0 Å². The van der Waals surface area contributed by atoms with E-state index in [2.05, 4.69) is 25.0 Å². The number of thiazole rings is 1. The molecule has 0 saturated carbocycles. The third-order valence-electron chi connectivity index (χ3n) is 3.90. The van der Waals surface area contributed by atoms with Crippen LogP contribution in [0.3, 0.4) is 0 Å². The Morgan fingerprint density at radius 2 is 1.63 bits per heavy atom. The number of hydrogen-bond donors (Lipinski definition) is 2. The first-order valence-corrected chi connectivity index (χ1v) is 11.8. The van der Waals surface area contributed by atoms with Gasteiger partial charge in [0.1, 0.15) is 0 Å². The Kier molecular flexibility index (Phi) is 6.86. The number of rotatable bonds is 6. The Hall–Kier alpha value is -2.34. The third kappa shape index (κ3) is 5.22. The van der Waals surface area contributed by atoms with Crippen molar-refractivity contribution in [1.82, 2.24) is 15.0 Å². The fraction of sp³-hybridized carbons (Fsp3) is 0.105. The third-order valence-corrected chi connectivity index (χ3v) is 6.90. The van der Waals surface area contributed by atoms with E-state index in [1.54, 1.807) is 43.4 Å². The van der Waals surface area contributed by atoms with Crippen LogP contribution in [-0.2, 0) is 10.0 Å². The number of nitrogens with one attached hydrogen (secondary N) is 2. The van der Waals surface area contributed by atoms with Crippen molar-refractivity contribution >= 4 is 66.4 Å². The fourth-order valence-corrected chi connectivity index (χ4v) is 5.10. The smallest absolute Gasteiger partial charge is 0.264 e. The predicted octanol–water partition coefficient (Wildman–Crippen LogP) is 5.40. The van der Waals surface area contributed by atoms with Gasteiger partial charge in [-0.15, -0.1) is 39.7 Å². The lowest BCUT2D eigenvalue weighted by Crippen LogP contribution is -2.15. The molecule has 0 spiro atoms. The number of thiophene rings is 1. The van der Waals surface area contributed by atoms with Gasteiger partial charge < -0.3 is 5.32 Å². The minimum absolute atomic E-state index is 0. The first kappa shape index (κ1) is 22.3. The average Bonchev–Trinajstić information content (AvgIpc) is 3.32. The molecule has 0 amide bonds. The maximum atomic E-state index is 12.6. The summed E-state index contributed by atoms with van der Waals surface area (Å²) in [6.07, 6.45) is 0. The zero-order chi connectivity index (χ0) is 20.4. The molecule has 0 aliphatic heterocycles. The lowest BCUT2D eigenvalue weighted by Gasteiger charge is -2.09. The summed E-state index contributed by atoms with van der Waals surface area (Å²) in [5.41, 5.74) is 3.06. The number of anilines is 3. The Morgan fingerprint density at radius 1 is 0.933 bits per heavy atom. The molecule has 30 heavy (non-hydrogen) atoms. The molecule has 7 nitrogen and oxygen atoms in total. The van der Waals surface area contributed by atoms with Gasteiger partial charge in [0, 0.05) is 22.5 Å². The zero-order valence-corrected chi connectivity index (χ0v) is 20.1. The lowest BCUT2D eigenvalue weighted by atomic mass is 10.3. The molecule has 0 bridgehead atoms.